The lowest BCUT2D eigenvalue weighted by Gasteiger charge is -2.33. The number of benzene rings is 6. The molecule has 2 aliphatic rings. The van der Waals surface area contributed by atoms with Gasteiger partial charge in [-0.25, -0.2) is 4.90 Å². The molecule has 0 saturated heterocycles. The van der Waals surface area contributed by atoms with Gasteiger partial charge in [-0.15, -0.1) is 0 Å². The van der Waals surface area contributed by atoms with Crippen LogP contribution in [0.25, 0.3) is 43.1 Å². The van der Waals surface area contributed by atoms with Crippen LogP contribution in [-0.2, 0) is 0 Å². The lowest BCUT2D eigenvalue weighted by atomic mass is 9.81. The minimum Gasteiger partial charge on any atom is -0.396 e. The number of carbonyl (C=O) groups excluding carboxylic acids is 4. The number of rotatable bonds is 10. The molecule has 258 valence electrons. The molecule has 0 unspecified atom stereocenters. The van der Waals surface area contributed by atoms with Crippen molar-refractivity contribution in [2.24, 2.45) is 0 Å². The minimum atomic E-state index is -0.451. The molecule has 0 atom stereocenters. The van der Waals surface area contributed by atoms with E-state index in [0.29, 0.717) is 49.7 Å². The standard InChI is InChI=1S/C42H38BrN3O5/c1-20(2)22-10-9-11-23(21(3)4)38(22)46-41(50)27-15-13-24-34-30(43)18-28-32-26(39(48)45-40(28)49)14-12-25(36(32)34)35-31(44-16-7-5-6-8-17-47)19-29(42(46)51)33(27)37(24)35/h9-15,18-21,44,47H,5-8,16-17H2,1-4H3,(H,45,48,49). The van der Waals surface area contributed by atoms with Crippen molar-refractivity contribution >= 4 is 94.0 Å². The van der Waals surface area contributed by atoms with Crippen molar-refractivity contribution in [2.45, 2.75) is 65.2 Å². The van der Waals surface area contributed by atoms with Crippen molar-refractivity contribution in [3.63, 3.8) is 0 Å². The fourth-order valence-corrected chi connectivity index (χ4v) is 8.91. The number of aliphatic hydroxyl groups is 1. The Morgan fingerprint density at radius 2 is 1.25 bits per heavy atom. The zero-order chi connectivity index (χ0) is 35.9. The highest BCUT2D eigenvalue weighted by atomic mass is 79.9. The third-order valence-electron chi connectivity index (χ3n) is 10.6. The summed E-state index contributed by atoms with van der Waals surface area (Å²) in [5.74, 6) is -1.47. The maximum atomic E-state index is 15.0. The number of hydrogen-bond donors (Lipinski definition) is 3. The lowest BCUT2D eigenvalue weighted by Crippen LogP contribution is -2.42. The first-order valence-electron chi connectivity index (χ1n) is 17.7. The van der Waals surface area contributed by atoms with Gasteiger partial charge in [-0.3, -0.25) is 24.5 Å². The van der Waals surface area contributed by atoms with Crippen LogP contribution in [0.4, 0.5) is 11.4 Å². The van der Waals surface area contributed by atoms with Gasteiger partial charge < -0.3 is 10.4 Å². The summed E-state index contributed by atoms with van der Waals surface area (Å²) in [4.78, 5) is 57.4. The number of amides is 4. The van der Waals surface area contributed by atoms with E-state index in [-0.39, 0.29) is 30.3 Å². The van der Waals surface area contributed by atoms with E-state index in [1.54, 1.807) is 12.1 Å². The summed E-state index contributed by atoms with van der Waals surface area (Å²) in [6.45, 7) is 9.09. The second-order valence-electron chi connectivity index (χ2n) is 14.3. The molecular weight excluding hydrogens is 706 g/mol. The van der Waals surface area contributed by atoms with E-state index in [0.717, 1.165) is 74.8 Å². The second-order valence-corrected chi connectivity index (χ2v) is 15.2. The second kappa shape index (κ2) is 12.4. The number of fused-ring (bicyclic) bond motifs is 2. The van der Waals surface area contributed by atoms with Crippen molar-refractivity contribution in [1.82, 2.24) is 5.32 Å². The quantitative estimate of drug-likeness (QED) is 0.0558. The Labute approximate surface area is 303 Å². The summed E-state index contributed by atoms with van der Waals surface area (Å²) in [5.41, 5.74) is 5.02. The van der Waals surface area contributed by atoms with Crippen LogP contribution in [0.1, 0.15) is 118 Å². The fraction of sp³-hybridized carbons (Fsp3) is 0.286. The van der Waals surface area contributed by atoms with E-state index in [9.17, 15) is 24.3 Å². The third-order valence-corrected chi connectivity index (χ3v) is 11.2. The smallest absolute Gasteiger partial charge is 0.266 e. The van der Waals surface area contributed by atoms with Crippen LogP contribution >= 0.6 is 15.9 Å². The highest BCUT2D eigenvalue weighted by molar-refractivity contribution is 9.10. The molecule has 0 aliphatic carbocycles. The SMILES string of the molecule is CC(C)c1cccc(C(C)C)c1N1C(=O)c2ccc3c4c(Br)cc5c6c(ccc(c7c(NCCCCCCO)cc(c2c37)C1=O)c64)C(=O)NC5=O. The Balaban J connectivity index is 1.46. The van der Waals surface area contributed by atoms with Crippen molar-refractivity contribution in [1.29, 1.82) is 0 Å². The van der Waals surface area contributed by atoms with Crippen LogP contribution in [0.3, 0.4) is 0 Å². The zero-order valence-electron chi connectivity index (χ0n) is 29.0. The van der Waals surface area contributed by atoms with Crippen LogP contribution in [0.2, 0.25) is 0 Å². The average molecular weight is 745 g/mol. The molecule has 8 nitrogen and oxygen atoms in total. The van der Waals surface area contributed by atoms with Crippen LogP contribution in [0.5, 0.6) is 0 Å². The molecular formula is C42H38BrN3O5. The molecule has 3 N–H and O–H groups in total. The predicted molar refractivity (Wildman–Crippen MR) is 207 cm³/mol. The number of nitrogens with one attached hydrogen (secondary N) is 2. The molecule has 6 aromatic carbocycles. The highest BCUT2D eigenvalue weighted by Gasteiger charge is 2.39. The Bertz CT molecular complexity index is 2480. The first-order valence-corrected chi connectivity index (χ1v) is 18.5. The molecule has 6 aromatic rings. The van der Waals surface area contributed by atoms with Gasteiger partial charge in [0.2, 0.25) is 0 Å². The summed E-state index contributed by atoms with van der Waals surface area (Å²) in [7, 11) is 0. The normalized spacial score (nSPS) is 14.4. The van der Waals surface area contributed by atoms with Crippen molar-refractivity contribution in [2.75, 3.05) is 23.4 Å². The molecule has 0 spiro atoms. The topological polar surface area (TPSA) is 116 Å². The monoisotopic (exact) mass is 743 g/mol. The number of unbranched alkanes of at least 4 members (excludes halogenated alkanes) is 3. The Kier molecular flexibility index (Phi) is 8.11. The maximum Gasteiger partial charge on any atom is 0.266 e. The van der Waals surface area contributed by atoms with Gasteiger partial charge in [0, 0.05) is 72.3 Å². The summed E-state index contributed by atoms with van der Waals surface area (Å²) in [6, 6.07) is 17.1. The maximum absolute atomic E-state index is 15.0. The number of nitrogens with zero attached hydrogens (tertiary/aromatic N) is 1. The molecule has 0 fully saturated rings. The summed E-state index contributed by atoms with van der Waals surface area (Å²) in [6.07, 6.45) is 3.44. The van der Waals surface area contributed by atoms with E-state index in [2.05, 4.69) is 54.3 Å². The number of hydrogen-bond acceptors (Lipinski definition) is 6. The number of anilines is 2. The molecule has 4 amide bonds. The van der Waals surface area contributed by atoms with E-state index < -0.39 is 11.8 Å². The molecule has 0 saturated carbocycles. The lowest BCUT2D eigenvalue weighted by molar-refractivity contribution is 0.0840. The van der Waals surface area contributed by atoms with E-state index >= 15 is 0 Å². The van der Waals surface area contributed by atoms with Crippen molar-refractivity contribution < 1.29 is 24.3 Å². The van der Waals surface area contributed by atoms with Gasteiger partial charge in [0.15, 0.2) is 0 Å². The van der Waals surface area contributed by atoms with Gasteiger partial charge in [0.25, 0.3) is 23.6 Å². The van der Waals surface area contributed by atoms with Crippen LogP contribution in [0, 0.1) is 0 Å². The molecule has 0 bridgehead atoms. The largest absolute Gasteiger partial charge is 0.396 e. The van der Waals surface area contributed by atoms with Crippen LogP contribution < -0.4 is 15.5 Å². The van der Waals surface area contributed by atoms with Crippen LogP contribution in [0.15, 0.2) is 59.1 Å². The highest BCUT2D eigenvalue weighted by Crippen LogP contribution is 2.51. The predicted octanol–water partition coefficient (Wildman–Crippen LogP) is 9.40. The molecule has 2 heterocycles. The molecule has 0 radical (unpaired) electrons. The Morgan fingerprint density at radius 3 is 1.94 bits per heavy atom. The molecule has 2 aliphatic heterocycles. The summed E-state index contributed by atoms with van der Waals surface area (Å²) >= 11 is 3.77. The van der Waals surface area contributed by atoms with Crippen LogP contribution in [-0.4, -0.2) is 41.9 Å². The summed E-state index contributed by atoms with van der Waals surface area (Å²) in [5, 5.41) is 21.4. The number of carbonyl (C=O) groups is 4. The van der Waals surface area contributed by atoms with Gasteiger partial charge in [-0.2, -0.15) is 0 Å². The van der Waals surface area contributed by atoms with Gasteiger partial charge in [0.1, 0.15) is 0 Å². The fourth-order valence-electron chi connectivity index (χ4n) is 8.27. The number of para-hydroxylation sites is 1. The van der Waals surface area contributed by atoms with Gasteiger partial charge in [-0.05, 0) is 70.8 Å². The molecule has 9 heteroatoms. The Morgan fingerprint density at radius 1 is 0.667 bits per heavy atom. The zero-order valence-corrected chi connectivity index (χ0v) is 30.6. The third kappa shape index (κ3) is 4.88. The number of imide groups is 2. The minimum absolute atomic E-state index is 0.0732. The first kappa shape index (κ1) is 33.3. The number of halogens is 1. The summed E-state index contributed by atoms with van der Waals surface area (Å²) < 4.78 is 0.681. The Hall–Kier alpha value is -4.86. The first-order chi connectivity index (χ1) is 24.5. The average Bonchev–Trinajstić information content (AvgIpc) is 3.10. The molecule has 8 rings (SSSR count). The molecule has 51 heavy (non-hydrogen) atoms. The van der Waals surface area contributed by atoms with Gasteiger partial charge >= 0.3 is 0 Å². The van der Waals surface area contributed by atoms with Gasteiger partial charge in [0.05, 0.1) is 11.3 Å². The van der Waals surface area contributed by atoms with Crippen molar-refractivity contribution in [3.05, 3.63) is 92.5 Å². The van der Waals surface area contributed by atoms with Gasteiger partial charge in [-0.1, -0.05) is 86.8 Å². The number of aliphatic hydroxyl groups excluding tert-OH is 1. The van der Waals surface area contributed by atoms with E-state index in [1.165, 1.54) is 4.90 Å². The van der Waals surface area contributed by atoms with E-state index in [1.807, 2.05) is 42.5 Å². The van der Waals surface area contributed by atoms with E-state index in [4.69, 9.17) is 0 Å². The van der Waals surface area contributed by atoms with Crippen molar-refractivity contribution in [3.8, 4) is 0 Å². The molecule has 0 aromatic heterocycles.